The van der Waals surface area contributed by atoms with Crippen LogP contribution in [-0.4, -0.2) is 60.8 Å². The molecular weight excluding hydrogens is 298 g/mol. The van der Waals surface area contributed by atoms with Gasteiger partial charge in [0, 0.05) is 24.5 Å². The molecule has 0 radical (unpaired) electrons. The van der Waals surface area contributed by atoms with Crippen LogP contribution in [0.3, 0.4) is 0 Å². The molecule has 1 aromatic rings. The van der Waals surface area contributed by atoms with E-state index in [1.165, 1.54) is 4.88 Å². The highest BCUT2D eigenvalue weighted by Gasteiger charge is 2.26. The van der Waals surface area contributed by atoms with Gasteiger partial charge in [0.05, 0.1) is 12.1 Å². The van der Waals surface area contributed by atoms with Crippen LogP contribution in [0.25, 0.3) is 0 Å². The van der Waals surface area contributed by atoms with Gasteiger partial charge in [-0.25, -0.2) is 4.79 Å². The third-order valence-corrected chi connectivity index (χ3v) is 5.42. The Bertz CT molecular complexity index is 454. The second-order valence-electron chi connectivity index (χ2n) is 6.25. The first-order valence-electron chi connectivity index (χ1n) is 7.89. The minimum absolute atomic E-state index is 0.00690. The molecule has 0 saturated carbocycles. The molecule has 1 fully saturated rings. The van der Waals surface area contributed by atoms with Gasteiger partial charge in [-0.15, -0.1) is 11.3 Å². The molecule has 0 aliphatic carbocycles. The molecule has 1 aliphatic rings. The summed E-state index contributed by atoms with van der Waals surface area (Å²) in [6.07, 6.45) is 1.49. The number of amides is 2. The normalized spacial score (nSPS) is 19.2. The zero-order chi connectivity index (χ0) is 16.1. The monoisotopic (exact) mass is 325 g/mol. The lowest BCUT2D eigenvalue weighted by Gasteiger charge is -2.34. The largest absolute Gasteiger partial charge is 0.393 e. The summed E-state index contributed by atoms with van der Waals surface area (Å²) >= 11 is 1.72. The van der Waals surface area contributed by atoms with Crippen LogP contribution in [-0.2, 0) is 0 Å². The van der Waals surface area contributed by atoms with Gasteiger partial charge in [-0.1, -0.05) is 6.07 Å². The van der Waals surface area contributed by atoms with E-state index in [-0.39, 0.29) is 18.2 Å². The minimum atomic E-state index is -0.276. The summed E-state index contributed by atoms with van der Waals surface area (Å²) in [5, 5.41) is 14.7. The van der Waals surface area contributed by atoms with Gasteiger partial charge in [0.1, 0.15) is 0 Å². The van der Waals surface area contributed by atoms with Gasteiger partial charge in [0.15, 0.2) is 0 Å². The molecule has 2 rings (SSSR count). The van der Waals surface area contributed by atoms with Crippen molar-refractivity contribution in [3.63, 3.8) is 0 Å². The second-order valence-corrected chi connectivity index (χ2v) is 7.23. The highest BCUT2D eigenvalue weighted by molar-refractivity contribution is 7.10. The Balaban J connectivity index is 1.82. The molecule has 2 amide bonds. The molecule has 5 nitrogen and oxygen atoms in total. The number of likely N-dealkylation sites (N-methyl/N-ethyl adjacent to an activating group) is 1. The van der Waals surface area contributed by atoms with Gasteiger partial charge < -0.3 is 20.2 Å². The SMILES string of the molecule is C[C@H](O)C1CCN(C(=O)NC[C@H](c2cccs2)N(C)C)CC1. The van der Waals surface area contributed by atoms with Crippen molar-refractivity contribution in [3.8, 4) is 0 Å². The highest BCUT2D eigenvalue weighted by Crippen LogP contribution is 2.23. The Kier molecular flexibility index (Phi) is 6.23. The smallest absolute Gasteiger partial charge is 0.317 e. The number of thiophene rings is 1. The van der Waals surface area contributed by atoms with Gasteiger partial charge in [-0.2, -0.15) is 0 Å². The number of aliphatic hydroxyl groups excluding tert-OH is 1. The number of nitrogens with one attached hydrogen (secondary N) is 1. The number of urea groups is 1. The van der Waals surface area contributed by atoms with Crippen molar-refractivity contribution in [1.29, 1.82) is 0 Å². The molecule has 1 saturated heterocycles. The number of piperidine rings is 1. The fraction of sp³-hybridized carbons (Fsp3) is 0.688. The van der Waals surface area contributed by atoms with Crippen molar-refractivity contribution in [2.75, 3.05) is 33.7 Å². The van der Waals surface area contributed by atoms with Crippen LogP contribution in [0.15, 0.2) is 17.5 Å². The molecule has 2 atom stereocenters. The molecule has 124 valence electrons. The molecule has 6 heteroatoms. The first-order chi connectivity index (χ1) is 10.5. The lowest BCUT2D eigenvalue weighted by atomic mass is 9.92. The van der Waals surface area contributed by atoms with Gasteiger partial charge in [-0.05, 0) is 51.2 Å². The van der Waals surface area contributed by atoms with E-state index < -0.39 is 0 Å². The third-order valence-electron chi connectivity index (χ3n) is 4.45. The Morgan fingerprint density at radius 3 is 2.68 bits per heavy atom. The molecule has 0 aromatic carbocycles. The number of carbonyl (C=O) groups excluding carboxylic acids is 1. The maximum Gasteiger partial charge on any atom is 0.317 e. The van der Waals surface area contributed by atoms with E-state index in [1.54, 1.807) is 11.3 Å². The number of hydrogen-bond donors (Lipinski definition) is 2. The van der Waals surface area contributed by atoms with Crippen LogP contribution in [0.1, 0.15) is 30.7 Å². The number of likely N-dealkylation sites (tertiary alicyclic amines) is 1. The van der Waals surface area contributed by atoms with Gasteiger partial charge in [-0.3, -0.25) is 0 Å². The summed E-state index contributed by atoms with van der Waals surface area (Å²) in [5.74, 6) is 0.324. The number of rotatable bonds is 5. The lowest BCUT2D eigenvalue weighted by molar-refractivity contribution is 0.0795. The van der Waals surface area contributed by atoms with Crippen molar-refractivity contribution < 1.29 is 9.90 Å². The highest BCUT2D eigenvalue weighted by atomic mass is 32.1. The van der Waals surface area contributed by atoms with E-state index in [1.807, 2.05) is 32.0 Å². The van der Waals surface area contributed by atoms with Crippen molar-refractivity contribution in [2.45, 2.75) is 31.9 Å². The average molecular weight is 325 g/mol. The number of hydrogen-bond acceptors (Lipinski definition) is 4. The molecule has 22 heavy (non-hydrogen) atoms. The van der Waals surface area contributed by atoms with Crippen LogP contribution in [0, 0.1) is 5.92 Å². The van der Waals surface area contributed by atoms with E-state index in [0.29, 0.717) is 12.5 Å². The zero-order valence-corrected chi connectivity index (χ0v) is 14.5. The maximum atomic E-state index is 12.3. The summed E-state index contributed by atoms with van der Waals surface area (Å²) in [5.41, 5.74) is 0. The molecule has 2 N–H and O–H groups in total. The minimum Gasteiger partial charge on any atom is -0.393 e. The predicted molar refractivity (Wildman–Crippen MR) is 90.1 cm³/mol. The summed E-state index contributed by atoms with van der Waals surface area (Å²) in [6.45, 7) is 3.91. The topological polar surface area (TPSA) is 55.8 Å². The standard InChI is InChI=1S/C16H27N3O2S/c1-12(20)13-6-8-19(9-7-13)16(21)17-11-14(18(2)3)15-5-4-10-22-15/h4-5,10,12-14,20H,6-9,11H2,1-3H3,(H,17,21)/t12-,14+/m0/s1. The quantitative estimate of drug-likeness (QED) is 0.872. The summed E-state index contributed by atoms with van der Waals surface area (Å²) in [7, 11) is 4.06. The molecule has 0 spiro atoms. The van der Waals surface area contributed by atoms with E-state index in [4.69, 9.17) is 0 Å². The van der Waals surface area contributed by atoms with Crippen LogP contribution in [0.2, 0.25) is 0 Å². The Morgan fingerprint density at radius 2 is 2.18 bits per heavy atom. The average Bonchev–Trinajstić information content (AvgIpc) is 3.01. The molecule has 0 bridgehead atoms. The fourth-order valence-electron chi connectivity index (χ4n) is 2.90. The van der Waals surface area contributed by atoms with Crippen LogP contribution in [0.5, 0.6) is 0 Å². The zero-order valence-electron chi connectivity index (χ0n) is 13.7. The molecule has 0 unspecified atom stereocenters. The first-order valence-corrected chi connectivity index (χ1v) is 8.77. The molecule has 2 heterocycles. The third kappa shape index (κ3) is 4.44. The van der Waals surface area contributed by atoms with E-state index in [9.17, 15) is 9.90 Å². The van der Waals surface area contributed by atoms with Gasteiger partial charge in [0.2, 0.25) is 0 Å². The van der Waals surface area contributed by atoms with E-state index in [2.05, 4.69) is 21.7 Å². The molecule has 1 aliphatic heterocycles. The number of aliphatic hydroxyl groups is 1. The van der Waals surface area contributed by atoms with Crippen molar-refractivity contribution in [2.24, 2.45) is 5.92 Å². The summed E-state index contributed by atoms with van der Waals surface area (Å²) in [6, 6.07) is 4.36. The summed E-state index contributed by atoms with van der Waals surface area (Å²) < 4.78 is 0. The van der Waals surface area contributed by atoms with Crippen LogP contribution >= 0.6 is 11.3 Å². The van der Waals surface area contributed by atoms with Crippen LogP contribution in [0.4, 0.5) is 4.79 Å². The van der Waals surface area contributed by atoms with E-state index in [0.717, 1.165) is 25.9 Å². The Morgan fingerprint density at radius 1 is 1.50 bits per heavy atom. The van der Waals surface area contributed by atoms with Gasteiger partial charge >= 0.3 is 6.03 Å². The molecular formula is C16H27N3O2S. The Labute approximate surface area is 136 Å². The maximum absolute atomic E-state index is 12.3. The van der Waals surface area contributed by atoms with Gasteiger partial charge in [0.25, 0.3) is 0 Å². The van der Waals surface area contributed by atoms with E-state index >= 15 is 0 Å². The number of carbonyl (C=O) groups is 1. The summed E-state index contributed by atoms with van der Waals surface area (Å²) in [4.78, 5) is 17.6. The fourth-order valence-corrected chi connectivity index (χ4v) is 3.82. The lowest BCUT2D eigenvalue weighted by Crippen LogP contribution is -2.47. The van der Waals surface area contributed by atoms with Crippen molar-refractivity contribution in [3.05, 3.63) is 22.4 Å². The number of nitrogens with zero attached hydrogens (tertiary/aromatic N) is 2. The van der Waals surface area contributed by atoms with Crippen molar-refractivity contribution in [1.82, 2.24) is 15.1 Å². The van der Waals surface area contributed by atoms with Crippen molar-refractivity contribution >= 4 is 17.4 Å². The predicted octanol–water partition coefficient (Wildman–Crippen LogP) is 2.15. The Hall–Kier alpha value is -1.11. The first kappa shape index (κ1) is 17.2. The molecule has 1 aromatic heterocycles. The second kappa shape index (κ2) is 7.94. The van der Waals surface area contributed by atoms with Crippen LogP contribution < -0.4 is 5.32 Å².